The second-order valence-corrected chi connectivity index (χ2v) is 9.90. The summed E-state index contributed by atoms with van der Waals surface area (Å²) < 4.78 is 40.9. The van der Waals surface area contributed by atoms with Crippen molar-refractivity contribution in [3.05, 3.63) is 0 Å². The van der Waals surface area contributed by atoms with Crippen molar-refractivity contribution in [1.82, 2.24) is 5.32 Å². The van der Waals surface area contributed by atoms with E-state index in [1.165, 1.54) is 0 Å². The van der Waals surface area contributed by atoms with Crippen molar-refractivity contribution in [3.8, 4) is 0 Å². The molecule has 0 fully saturated rings. The molecule has 0 spiro atoms. The molecular formula is C11H27NO6S2. The summed E-state index contributed by atoms with van der Waals surface area (Å²) in [5.74, 6) is 0. The van der Waals surface area contributed by atoms with Crippen LogP contribution in [-0.2, 0) is 19.7 Å². The molecule has 0 saturated carbocycles. The Hall–Kier alpha value is -0.220. The maximum atomic E-state index is 10.9. The van der Waals surface area contributed by atoms with Gasteiger partial charge in [0, 0.05) is 37.6 Å². The van der Waals surface area contributed by atoms with E-state index in [2.05, 4.69) is 33.0 Å². The minimum Gasteiger partial charge on any atom is -0.396 e. The van der Waals surface area contributed by atoms with Crippen LogP contribution in [-0.4, -0.2) is 62.5 Å². The molecule has 0 aliphatic carbocycles. The molecule has 0 aliphatic rings. The van der Waals surface area contributed by atoms with Gasteiger partial charge in [0.1, 0.15) is 0 Å². The molecule has 0 rings (SSSR count). The summed E-state index contributed by atoms with van der Waals surface area (Å²) in [6.45, 7) is 7.89. The molecule has 0 saturated heterocycles. The number of hydrogen-bond donors (Lipinski definition) is 3. The number of aliphatic hydroxyl groups excluding tert-OH is 1. The van der Waals surface area contributed by atoms with Gasteiger partial charge >= 0.3 is 0 Å². The molecule has 0 bridgehead atoms. The molecule has 0 atom stereocenters. The summed E-state index contributed by atoms with van der Waals surface area (Å²) in [6, 6.07) is 1.25. The highest BCUT2D eigenvalue weighted by Gasteiger charge is 2.48. The van der Waals surface area contributed by atoms with Crippen molar-refractivity contribution in [2.75, 3.05) is 19.1 Å². The van der Waals surface area contributed by atoms with E-state index in [0.717, 1.165) is 0 Å². The highest BCUT2D eigenvalue weighted by atomic mass is 32.3. The van der Waals surface area contributed by atoms with E-state index in [4.69, 9.17) is 5.11 Å². The van der Waals surface area contributed by atoms with Gasteiger partial charge in [0.05, 0.1) is 0 Å². The topological polar surface area (TPSA) is 121 Å². The predicted octanol–water partition coefficient (Wildman–Crippen LogP) is -0.503. The summed E-state index contributed by atoms with van der Waals surface area (Å²) >= 11 is 0. The molecule has 9 heteroatoms. The molecule has 0 aliphatic heterocycles. The Morgan fingerprint density at radius 3 is 1.30 bits per heavy atom. The van der Waals surface area contributed by atoms with Crippen molar-refractivity contribution < 1.29 is 27.0 Å². The molecule has 20 heavy (non-hydrogen) atoms. The Bertz CT molecular complexity index is 429. The molecule has 7 nitrogen and oxygen atoms in total. The Morgan fingerprint density at radius 1 is 0.950 bits per heavy atom. The Labute approximate surface area is 122 Å². The van der Waals surface area contributed by atoms with Crippen LogP contribution >= 0.6 is 0 Å². The third kappa shape index (κ3) is 7.53. The van der Waals surface area contributed by atoms with E-state index < -0.39 is 37.0 Å². The lowest BCUT2D eigenvalue weighted by Gasteiger charge is -2.22. The fourth-order valence-corrected chi connectivity index (χ4v) is 4.58. The van der Waals surface area contributed by atoms with Gasteiger partial charge < -0.3 is 15.5 Å². The second kappa shape index (κ2) is 8.28. The Morgan fingerprint density at radius 2 is 1.25 bits per heavy atom. The summed E-state index contributed by atoms with van der Waals surface area (Å²) in [5.41, 5.74) is 0. The van der Waals surface area contributed by atoms with Crippen molar-refractivity contribution >= 4 is 19.7 Å². The first-order valence-corrected chi connectivity index (χ1v) is 9.95. The Balaban J connectivity index is 0. The molecule has 0 heterocycles. The van der Waals surface area contributed by atoms with Crippen molar-refractivity contribution in [1.29, 1.82) is 0 Å². The van der Waals surface area contributed by atoms with E-state index >= 15 is 0 Å². The normalized spacial score (nSPS) is 13.3. The van der Waals surface area contributed by atoms with Gasteiger partial charge in [-0.05, 0) is 0 Å². The predicted molar refractivity (Wildman–Crippen MR) is 79.7 cm³/mol. The van der Waals surface area contributed by atoms with Crippen LogP contribution in [0.2, 0.25) is 0 Å². The highest BCUT2D eigenvalue weighted by molar-refractivity contribution is 8.09. The summed E-state index contributed by atoms with van der Waals surface area (Å²) in [6.07, 6.45) is 0.456. The van der Waals surface area contributed by atoms with Crippen LogP contribution in [0.4, 0.5) is 0 Å². The minimum atomic E-state index is -4.18. The molecule has 0 unspecified atom stereocenters. The van der Waals surface area contributed by atoms with Gasteiger partial charge in [-0.25, -0.2) is 16.8 Å². The van der Waals surface area contributed by atoms with E-state index in [0.29, 0.717) is 24.6 Å². The lowest BCUT2D eigenvalue weighted by molar-refractivity contribution is 0.156. The fraction of sp³-hybridized carbons (Fsp3) is 1.00. The SMILES string of the molecule is CC(C)NC(C)C.CS(=O)(=O)C(O)(CCO)S(C)(=O)=O. The lowest BCUT2D eigenvalue weighted by atomic mass is 10.3. The van der Waals surface area contributed by atoms with Gasteiger partial charge in [0.15, 0.2) is 19.7 Å². The van der Waals surface area contributed by atoms with Gasteiger partial charge in [0.25, 0.3) is 4.27 Å². The lowest BCUT2D eigenvalue weighted by Crippen LogP contribution is -2.45. The number of rotatable bonds is 6. The monoisotopic (exact) mass is 333 g/mol. The quantitative estimate of drug-likeness (QED) is 0.599. The zero-order valence-electron chi connectivity index (χ0n) is 12.9. The molecular weight excluding hydrogens is 306 g/mol. The molecule has 124 valence electrons. The average molecular weight is 333 g/mol. The maximum absolute atomic E-state index is 10.9. The number of nitrogens with one attached hydrogen (secondary N) is 1. The van der Waals surface area contributed by atoms with Gasteiger partial charge in [-0.1, -0.05) is 27.7 Å². The first kappa shape index (κ1) is 22.1. The van der Waals surface area contributed by atoms with E-state index in [9.17, 15) is 21.9 Å². The van der Waals surface area contributed by atoms with Crippen LogP contribution < -0.4 is 5.32 Å². The number of sulfone groups is 2. The third-order valence-electron chi connectivity index (χ3n) is 2.25. The first-order chi connectivity index (χ1) is 8.69. The van der Waals surface area contributed by atoms with E-state index in [1.54, 1.807) is 0 Å². The van der Waals surface area contributed by atoms with Gasteiger partial charge in [-0.2, -0.15) is 0 Å². The molecule has 0 radical (unpaired) electrons. The van der Waals surface area contributed by atoms with Crippen molar-refractivity contribution in [2.45, 2.75) is 50.5 Å². The van der Waals surface area contributed by atoms with Crippen LogP contribution in [0, 0.1) is 0 Å². The van der Waals surface area contributed by atoms with Crippen LogP contribution in [0.1, 0.15) is 34.1 Å². The zero-order chi connectivity index (χ0) is 16.8. The van der Waals surface area contributed by atoms with Crippen LogP contribution in [0.15, 0.2) is 0 Å². The van der Waals surface area contributed by atoms with Gasteiger partial charge in [0.2, 0.25) is 0 Å². The van der Waals surface area contributed by atoms with Gasteiger partial charge in [-0.3, -0.25) is 0 Å². The van der Waals surface area contributed by atoms with Crippen LogP contribution in [0.5, 0.6) is 0 Å². The largest absolute Gasteiger partial charge is 0.396 e. The summed E-state index contributed by atoms with van der Waals surface area (Å²) in [7, 11) is -8.35. The van der Waals surface area contributed by atoms with Crippen LogP contribution in [0.25, 0.3) is 0 Å². The third-order valence-corrected chi connectivity index (χ3v) is 6.80. The summed E-state index contributed by atoms with van der Waals surface area (Å²) in [4.78, 5) is 0. The van der Waals surface area contributed by atoms with Gasteiger partial charge in [-0.15, -0.1) is 0 Å². The molecule has 0 aromatic heterocycles. The minimum absolute atomic E-state index is 0.601. The molecule has 0 amide bonds. The molecule has 3 N–H and O–H groups in total. The molecule has 0 aromatic carbocycles. The Kier molecular flexibility index (Phi) is 9.13. The maximum Gasteiger partial charge on any atom is 0.269 e. The number of aliphatic hydroxyl groups is 2. The summed E-state index contributed by atoms with van der Waals surface area (Å²) in [5, 5.41) is 21.1. The second-order valence-electron chi connectivity index (χ2n) is 5.21. The van der Waals surface area contributed by atoms with Crippen LogP contribution in [0.3, 0.4) is 0 Å². The zero-order valence-corrected chi connectivity index (χ0v) is 14.5. The standard InChI is InChI=1S/C6H15N.C5H12O6S2/c1-5(2)7-6(3)4;1-12(8,9)5(7,3-4-6)13(2,10)11/h5-7H,1-4H3;6-7H,3-4H2,1-2H3. The molecule has 0 aromatic rings. The van der Waals surface area contributed by atoms with Crippen molar-refractivity contribution in [3.63, 3.8) is 0 Å². The van der Waals surface area contributed by atoms with Crippen molar-refractivity contribution in [2.24, 2.45) is 0 Å². The smallest absolute Gasteiger partial charge is 0.269 e. The fourth-order valence-electron chi connectivity index (χ4n) is 1.45. The van der Waals surface area contributed by atoms with E-state index in [-0.39, 0.29) is 0 Å². The average Bonchev–Trinajstić information content (AvgIpc) is 2.12. The first-order valence-electron chi connectivity index (χ1n) is 6.17. The highest BCUT2D eigenvalue weighted by Crippen LogP contribution is 2.23. The van der Waals surface area contributed by atoms with E-state index in [1.807, 2.05) is 0 Å². The number of hydrogen-bond acceptors (Lipinski definition) is 7.